The van der Waals surface area contributed by atoms with Gasteiger partial charge < -0.3 is 10.6 Å². The highest BCUT2D eigenvalue weighted by Crippen LogP contribution is 2.32. The topological polar surface area (TPSA) is 61.4 Å². The zero-order valence-corrected chi connectivity index (χ0v) is 14.4. The molecular weight excluding hydrogens is 314 g/mol. The molecule has 0 unspecified atom stereocenters. The van der Waals surface area contributed by atoms with Crippen LogP contribution in [0.2, 0.25) is 0 Å². The molecule has 2 aromatic rings. The SMILES string of the molecule is CCNC(=O)[C@@H]1Cc2ccccc2N1C(=O)NCCc1ccccc1. The van der Waals surface area contributed by atoms with Crippen molar-refractivity contribution in [1.29, 1.82) is 0 Å². The summed E-state index contributed by atoms with van der Waals surface area (Å²) in [7, 11) is 0. The Hall–Kier alpha value is -2.82. The number of fused-ring (bicyclic) bond motifs is 1. The van der Waals surface area contributed by atoms with Crippen LogP contribution in [0.25, 0.3) is 0 Å². The molecule has 1 heterocycles. The minimum Gasteiger partial charge on any atom is -0.355 e. The lowest BCUT2D eigenvalue weighted by atomic mass is 10.1. The van der Waals surface area contributed by atoms with Crippen LogP contribution in [-0.2, 0) is 17.6 Å². The highest BCUT2D eigenvalue weighted by molar-refractivity contribution is 6.02. The van der Waals surface area contributed by atoms with Crippen LogP contribution in [0.15, 0.2) is 54.6 Å². The molecule has 1 atom stereocenters. The number of para-hydroxylation sites is 1. The highest BCUT2D eigenvalue weighted by Gasteiger charge is 2.37. The molecule has 3 rings (SSSR count). The standard InChI is InChI=1S/C20H23N3O2/c1-2-21-19(24)18-14-16-10-6-7-11-17(16)23(18)20(25)22-13-12-15-8-4-3-5-9-15/h3-11,18H,2,12-14H2,1H3,(H,21,24)(H,22,25)/t18-/m0/s1. The van der Waals surface area contributed by atoms with Crippen LogP contribution in [-0.4, -0.2) is 31.1 Å². The van der Waals surface area contributed by atoms with Gasteiger partial charge in [-0.05, 0) is 30.5 Å². The smallest absolute Gasteiger partial charge is 0.322 e. The Balaban J connectivity index is 1.70. The first kappa shape index (κ1) is 17.0. The van der Waals surface area contributed by atoms with E-state index in [-0.39, 0.29) is 11.9 Å². The highest BCUT2D eigenvalue weighted by atomic mass is 16.2. The van der Waals surface area contributed by atoms with E-state index >= 15 is 0 Å². The number of nitrogens with one attached hydrogen (secondary N) is 2. The van der Waals surface area contributed by atoms with Crippen LogP contribution in [0.4, 0.5) is 10.5 Å². The third-order valence-electron chi connectivity index (χ3n) is 4.38. The second-order valence-corrected chi connectivity index (χ2v) is 6.08. The van der Waals surface area contributed by atoms with Crippen LogP contribution < -0.4 is 15.5 Å². The van der Waals surface area contributed by atoms with Crippen molar-refractivity contribution in [2.45, 2.75) is 25.8 Å². The summed E-state index contributed by atoms with van der Waals surface area (Å²) in [5.41, 5.74) is 3.01. The van der Waals surface area contributed by atoms with E-state index < -0.39 is 6.04 Å². The largest absolute Gasteiger partial charge is 0.355 e. The van der Waals surface area contributed by atoms with Crippen molar-refractivity contribution in [3.8, 4) is 0 Å². The number of anilines is 1. The minimum absolute atomic E-state index is 0.114. The summed E-state index contributed by atoms with van der Waals surface area (Å²) in [4.78, 5) is 26.7. The van der Waals surface area contributed by atoms with Gasteiger partial charge in [0.15, 0.2) is 0 Å². The average molecular weight is 337 g/mol. The fraction of sp³-hybridized carbons (Fsp3) is 0.300. The van der Waals surface area contributed by atoms with Gasteiger partial charge >= 0.3 is 6.03 Å². The third kappa shape index (κ3) is 3.82. The second-order valence-electron chi connectivity index (χ2n) is 6.08. The summed E-state index contributed by atoms with van der Waals surface area (Å²) >= 11 is 0. The summed E-state index contributed by atoms with van der Waals surface area (Å²) < 4.78 is 0. The van der Waals surface area contributed by atoms with Crippen LogP contribution in [0, 0.1) is 0 Å². The van der Waals surface area contributed by atoms with E-state index in [9.17, 15) is 9.59 Å². The Morgan fingerprint density at radius 2 is 1.76 bits per heavy atom. The number of benzene rings is 2. The second kappa shape index (κ2) is 7.83. The molecule has 0 aliphatic carbocycles. The molecule has 0 saturated carbocycles. The maximum Gasteiger partial charge on any atom is 0.322 e. The minimum atomic E-state index is -0.492. The van der Waals surface area contributed by atoms with Crippen molar-refractivity contribution in [2.24, 2.45) is 0 Å². The fourth-order valence-corrected chi connectivity index (χ4v) is 3.18. The van der Waals surface area contributed by atoms with E-state index in [1.807, 2.05) is 61.5 Å². The molecule has 0 fully saturated rings. The summed E-state index contributed by atoms with van der Waals surface area (Å²) in [6, 6.07) is 17.0. The zero-order chi connectivity index (χ0) is 17.6. The predicted octanol–water partition coefficient (Wildman–Crippen LogP) is 2.51. The van der Waals surface area contributed by atoms with Gasteiger partial charge in [-0.15, -0.1) is 0 Å². The van der Waals surface area contributed by atoms with Gasteiger partial charge in [0, 0.05) is 25.2 Å². The monoisotopic (exact) mass is 337 g/mol. The van der Waals surface area contributed by atoms with E-state index in [0.29, 0.717) is 19.5 Å². The van der Waals surface area contributed by atoms with E-state index in [1.165, 1.54) is 5.56 Å². The molecule has 0 bridgehead atoms. The molecule has 0 saturated heterocycles. The maximum atomic E-state index is 12.8. The number of nitrogens with zero attached hydrogens (tertiary/aromatic N) is 1. The van der Waals surface area contributed by atoms with Crippen molar-refractivity contribution < 1.29 is 9.59 Å². The van der Waals surface area contributed by atoms with Gasteiger partial charge in [0.05, 0.1) is 0 Å². The summed E-state index contributed by atoms with van der Waals surface area (Å²) in [5, 5.41) is 5.78. The van der Waals surface area contributed by atoms with Gasteiger partial charge in [0.2, 0.25) is 5.91 Å². The molecule has 1 aliphatic rings. The van der Waals surface area contributed by atoms with Gasteiger partial charge in [-0.3, -0.25) is 9.69 Å². The number of hydrogen-bond acceptors (Lipinski definition) is 2. The molecule has 0 radical (unpaired) electrons. The van der Waals surface area contributed by atoms with Gasteiger partial charge in [-0.25, -0.2) is 4.79 Å². The lowest BCUT2D eigenvalue weighted by molar-refractivity contribution is -0.122. The molecule has 0 spiro atoms. The molecule has 2 aromatic carbocycles. The molecule has 5 heteroatoms. The predicted molar refractivity (Wildman–Crippen MR) is 98.6 cm³/mol. The van der Waals surface area contributed by atoms with Crippen LogP contribution >= 0.6 is 0 Å². The Morgan fingerprint density at radius 3 is 2.52 bits per heavy atom. The quantitative estimate of drug-likeness (QED) is 0.881. The molecule has 130 valence electrons. The zero-order valence-electron chi connectivity index (χ0n) is 14.4. The van der Waals surface area contributed by atoms with Crippen LogP contribution in [0.5, 0.6) is 0 Å². The third-order valence-corrected chi connectivity index (χ3v) is 4.38. The number of amides is 3. The van der Waals surface area contributed by atoms with Gasteiger partial charge in [-0.1, -0.05) is 48.5 Å². The van der Waals surface area contributed by atoms with Gasteiger partial charge in [0.25, 0.3) is 0 Å². The van der Waals surface area contributed by atoms with Gasteiger partial charge in [0.1, 0.15) is 6.04 Å². The maximum absolute atomic E-state index is 12.8. The number of hydrogen-bond donors (Lipinski definition) is 2. The van der Waals surface area contributed by atoms with Crippen molar-refractivity contribution in [1.82, 2.24) is 10.6 Å². The van der Waals surface area contributed by atoms with Crippen molar-refractivity contribution >= 4 is 17.6 Å². The molecule has 3 amide bonds. The first-order valence-electron chi connectivity index (χ1n) is 8.67. The van der Waals surface area contributed by atoms with Gasteiger partial charge in [-0.2, -0.15) is 0 Å². The first-order valence-corrected chi connectivity index (χ1v) is 8.67. The number of carbonyl (C=O) groups excluding carboxylic acids is 2. The molecule has 1 aliphatic heterocycles. The molecule has 25 heavy (non-hydrogen) atoms. The number of rotatable bonds is 5. The van der Waals surface area contributed by atoms with Crippen molar-refractivity contribution in [3.63, 3.8) is 0 Å². The van der Waals surface area contributed by atoms with Crippen molar-refractivity contribution in [3.05, 3.63) is 65.7 Å². The van der Waals surface area contributed by atoms with Crippen molar-refractivity contribution in [2.75, 3.05) is 18.0 Å². The van der Waals surface area contributed by atoms with E-state index in [4.69, 9.17) is 0 Å². The number of carbonyl (C=O) groups is 2. The fourth-order valence-electron chi connectivity index (χ4n) is 3.18. The summed E-state index contributed by atoms with van der Waals surface area (Å²) in [6.45, 7) is 2.96. The Bertz CT molecular complexity index is 746. The summed E-state index contributed by atoms with van der Waals surface area (Å²) in [5.74, 6) is -0.114. The van der Waals surface area contributed by atoms with E-state index in [0.717, 1.165) is 17.7 Å². The lowest BCUT2D eigenvalue weighted by Gasteiger charge is -2.25. The Morgan fingerprint density at radius 1 is 1.04 bits per heavy atom. The Kier molecular flexibility index (Phi) is 5.33. The first-order chi connectivity index (χ1) is 12.2. The van der Waals surface area contributed by atoms with Crippen LogP contribution in [0.3, 0.4) is 0 Å². The normalized spacial score (nSPS) is 15.6. The molecule has 0 aromatic heterocycles. The van der Waals surface area contributed by atoms with E-state index in [2.05, 4.69) is 10.6 Å². The van der Waals surface area contributed by atoms with E-state index in [1.54, 1.807) is 4.90 Å². The lowest BCUT2D eigenvalue weighted by Crippen LogP contribution is -2.51. The summed E-state index contributed by atoms with van der Waals surface area (Å²) in [6.07, 6.45) is 1.31. The Labute approximate surface area is 148 Å². The molecular formula is C20H23N3O2. The molecule has 2 N–H and O–H groups in total. The van der Waals surface area contributed by atoms with Crippen LogP contribution in [0.1, 0.15) is 18.1 Å². The molecule has 5 nitrogen and oxygen atoms in total. The average Bonchev–Trinajstić information content (AvgIpc) is 3.02. The number of likely N-dealkylation sites (N-methyl/N-ethyl adjacent to an activating group) is 1. The number of urea groups is 1.